The van der Waals surface area contributed by atoms with E-state index in [1.54, 1.807) is 0 Å². The van der Waals surface area contributed by atoms with Crippen molar-refractivity contribution in [3.05, 3.63) is 18.9 Å². The molecule has 0 amide bonds. The smallest absolute Gasteiger partial charge is 0 e. The SMILES string of the molecule is [CH3-].[NH-]C1CCCC12CCCC2[NH-].[Pt].[Y]. The molecule has 0 saturated heterocycles. The molecule has 2 unspecified atom stereocenters. The molecule has 1 radical (unpaired) electrons. The minimum absolute atomic E-state index is 0. The van der Waals surface area contributed by atoms with Crippen molar-refractivity contribution in [3.8, 4) is 0 Å². The zero-order valence-electron chi connectivity index (χ0n) is 8.79. The molecule has 1 spiro atoms. The van der Waals surface area contributed by atoms with E-state index in [4.69, 9.17) is 11.5 Å². The molecule has 2 saturated carbocycles. The fourth-order valence-corrected chi connectivity index (χ4v) is 2.91. The number of hydrogen-bond donors (Lipinski definition) is 0. The van der Waals surface area contributed by atoms with Gasteiger partial charge in [0, 0.05) is 53.8 Å². The average molecular weight is 451 g/mol. The Morgan fingerprint density at radius 1 is 0.929 bits per heavy atom. The van der Waals surface area contributed by atoms with Crippen LogP contribution in [0.1, 0.15) is 38.5 Å². The molecule has 0 aromatic rings. The van der Waals surface area contributed by atoms with Crippen LogP contribution in [0.2, 0.25) is 0 Å². The van der Waals surface area contributed by atoms with Gasteiger partial charge in [0.1, 0.15) is 0 Å². The fourth-order valence-electron chi connectivity index (χ4n) is 2.91. The minimum Gasteiger partial charge on any atom is -0.674 e. The molecule has 0 heterocycles. The molecule has 2 N–H and O–H groups in total. The van der Waals surface area contributed by atoms with Gasteiger partial charge in [-0.05, 0) is 0 Å². The molecule has 2 rings (SSSR count). The van der Waals surface area contributed by atoms with Gasteiger partial charge in [-0.25, -0.2) is 0 Å². The Morgan fingerprint density at radius 3 is 1.50 bits per heavy atom. The summed E-state index contributed by atoms with van der Waals surface area (Å²) in [6.07, 6.45) is 6.82. The van der Waals surface area contributed by atoms with Crippen LogP contribution in [-0.2, 0) is 53.8 Å². The quantitative estimate of drug-likeness (QED) is 0.506. The van der Waals surface area contributed by atoms with E-state index >= 15 is 0 Å². The largest absolute Gasteiger partial charge is 0.674 e. The molecule has 2 aliphatic rings. The first-order valence-electron chi connectivity index (χ1n) is 4.68. The van der Waals surface area contributed by atoms with E-state index in [9.17, 15) is 0 Å². The van der Waals surface area contributed by atoms with E-state index in [1.807, 2.05) is 0 Å². The molecule has 0 aromatic heterocycles. The standard InChI is InChI=1S/C9H16N2.CH3.Pt.Y/c10-7-3-1-5-9(7)6-2-4-8(9)11;;;/h7-8,10-11H,1-6H2;1H3;;/q-2;-1;;. The molecule has 0 aromatic carbocycles. The van der Waals surface area contributed by atoms with Crippen LogP contribution < -0.4 is 0 Å². The van der Waals surface area contributed by atoms with Crippen molar-refractivity contribution >= 4 is 0 Å². The van der Waals surface area contributed by atoms with Gasteiger partial charge in [-0.15, -0.1) is 12.1 Å². The first kappa shape index (κ1) is 18.1. The molecular formula is C10H19N2PtY-3. The van der Waals surface area contributed by atoms with Crippen LogP contribution in [0.15, 0.2) is 0 Å². The van der Waals surface area contributed by atoms with Gasteiger partial charge in [0.2, 0.25) is 0 Å². The maximum absolute atomic E-state index is 7.89. The molecule has 2 atom stereocenters. The van der Waals surface area contributed by atoms with E-state index < -0.39 is 0 Å². The summed E-state index contributed by atoms with van der Waals surface area (Å²) in [6.45, 7) is 0. The van der Waals surface area contributed by atoms with Crippen molar-refractivity contribution in [2.45, 2.75) is 50.6 Å². The molecular weight excluding hydrogens is 432 g/mol. The summed E-state index contributed by atoms with van der Waals surface area (Å²) in [4.78, 5) is 0. The maximum Gasteiger partial charge on any atom is 0 e. The number of nitrogens with one attached hydrogen (secondary N) is 2. The van der Waals surface area contributed by atoms with Crippen LogP contribution in [0.3, 0.4) is 0 Å². The summed E-state index contributed by atoms with van der Waals surface area (Å²) in [5, 5.41) is 0. The number of hydrogen-bond acceptors (Lipinski definition) is 0. The van der Waals surface area contributed by atoms with Crippen molar-refractivity contribution in [2.24, 2.45) is 5.41 Å². The summed E-state index contributed by atoms with van der Waals surface area (Å²) in [6, 6.07) is 0.181. The van der Waals surface area contributed by atoms with E-state index in [2.05, 4.69) is 0 Å². The molecule has 0 aliphatic heterocycles. The van der Waals surface area contributed by atoms with E-state index in [-0.39, 0.29) is 78.7 Å². The molecule has 14 heavy (non-hydrogen) atoms. The van der Waals surface area contributed by atoms with E-state index in [0.29, 0.717) is 0 Å². The first-order chi connectivity index (χ1) is 5.26. The molecule has 2 fully saturated rings. The van der Waals surface area contributed by atoms with Crippen LogP contribution in [0.25, 0.3) is 11.5 Å². The predicted octanol–water partition coefficient (Wildman–Crippen LogP) is 3.63. The van der Waals surface area contributed by atoms with Crippen LogP contribution in [0.5, 0.6) is 0 Å². The van der Waals surface area contributed by atoms with Crippen LogP contribution in [0.4, 0.5) is 0 Å². The summed E-state index contributed by atoms with van der Waals surface area (Å²) in [5.41, 5.74) is 15.9. The second-order valence-electron chi connectivity index (χ2n) is 4.12. The van der Waals surface area contributed by atoms with Crippen molar-refractivity contribution < 1.29 is 53.8 Å². The van der Waals surface area contributed by atoms with Crippen LogP contribution in [-0.4, -0.2) is 12.1 Å². The van der Waals surface area contributed by atoms with Crippen molar-refractivity contribution in [3.63, 3.8) is 0 Å². The van der Waals surface area contributed by atoms with Crippen molar-refractivity contribution in [1.82, 2.24) is 0 Å². The monoisotopic (exact) mass is 451 g/mol. The minimum atomic E-state index is 0. The Bertz CT molecular complexity index is 148. The topological polar surface area (TPSA) is 47.6 Å². The van der Waals surface area contributed by atoms with Gasteiger partial charge in [-0.3, -0.25) is 0 Å². The van der Waals surface area contributed by atoms with Gasteiger partial charge < -0.3 is 18.9 Å². The Kier molecular flexibility index (Phi) is 9.20. The first-order valence-corrected chi connectivity index (χ1v) is 4.68. The zero-order chi connectivity index (χ0) is 7.90. The number of rotatable bonds is 0. The van der Waals surface area contributed by atoms with Crippen molar-refractivity contribution in [1.29, 1.82) is 0 Å². The normalized spacial score (nSPS) is 39.9. The third-order valence-corrected chi connectivity index (χ3v) is 3.66. The Morgan fingerprint density at radius 2 is 1.29 bits per heavy atom. The molecule has 85 valence electrons. The summed E-state index contributed by atoms with van der Waals surface area (Å²) >= 11 is 0. The predicted molar refractivity (Wildman–Crippen MR) is 52.8 cm³/mol. The average Bonchev–Trinajstić information content (AvgIpc) is 2.48. The van der Waals surface area contributed by atoms with Gasteiger partial charge in [-0.1, -0.05) is 43.9 Å². The van der Waals surface area contributed by atoms with E-state index in [0.717, 1.165) is 25.7 Å². The van der Waals surface area contributed by atoms with Gasteiger partial charge in [0.25, 0.3) is 0 Å². The molecule has 2 nitrogen and oxygen atoms in total. The Hall–Kier alpha value is 1.71. The van der Waals surface area contributed by atoms with Gasteiger partial charge in [-0.2, -0.15) is 0 Å². The van der Waals surface area contributed by atoms with Gasteiger partial charge in [0.05, 0.1) is 0 Å². The van der Waals surface area contributed by atoms with Gasteiger partial charge >= 0.3 is 0 Å². The summed E-state index contributed by atoms with van der Waals surface area (Å²) in [7, 11) is 0. The van der Waals surface area contributed by atoms with Crippen LogP contribution in [0, 0.1) is 12.8 Å². The zero-order valence-corrected chi connectivity index (χ0v) is 13.9. The maximum atomic E-state index is 7.89. The fraction of sp³-hybridized carbons (Fsp3) is 0.900. The van der Waals surface area contributed by atoms with Gasteiger partial charge in [0.15, 0.2) is 0 Å². The third-order valence-electron chi connectivity index (χ3n) is 3.66. The van der Waals surface area contributed by atoms with Crippen molar-refractivity contribution in [2.75, 3.05) is 0 Å². The Balaban J connectivity index is 0. The second-order valence-corrected chi connectivity index (χ2v) is 4.12. The van der Waals surface area contributed by atoms with Crippen LogP contribution >= 0.6 is 0 Å². The van der Waals surface area contributed by atoms with E-state index in [1.165, 1.54) is 12.8 Å². The molecule has 4 heteroatoms. The summed E-state index contributed by atoms with van der Waals surface area (Å²) in [5.74, 6) is 0. The molecule has 2 aliphatic carbocycles. The molecule has 0 bridgehead atoms. The second kappa shape index (κ2) is 7.12. The summed E-state index contributed by atoms with van der Waals surface area (Å²) < 4.78 is 0. The Labute approximate surface area is 127 Å². The third kappa shape index (κ3) is 2.89.